The minimum Gasteiger partial charge on any atom is -0.381 e. The minimum absolute atomic E-state index is 0.609. The highest BCUT2D eigenvalue weighted by molar-refractivity contribution is 4.82. The zero-order chi connectivity index (χ0) is 10.9. The Kier molecular flexibility index (Phi) is 5.96. The second-order valence-electron chi connectivity index (χ2n) is 3.37. The van der Waals surface area contributed by atoms with Crippen LogP contribution in [0.3, 0.4) is 0 Å². The van der Waals surface area contributed by atoms with Crippen molar-refractivity contribution in [2.75, 3.05) is 19.8 Å². The van der Waals surface area contributed by atoms with Gasteiger partial charge >= 0.3 is 0 Å². The summed E-state index contributed by atoms with van der Waals surface area (Å²) in [6.07, 6.45) is 2.09. The van der Waals surface area contributed by atoms with E-state index < -0.39 is 0 Å². The quantitative estimate of drug-likeness (QED) is 0.659. The summed E-state index contributed by atoms with van der Waals surface area (Å²) in [6, 6.07) is 0. The molecular weight excluding hydrogens is 194 g/mol. The van der Waals surface area contributed by atoms with Gasteiger partial charge in [-0.1, -0.05) is 12.1 Å². The topological polar surface area (TPSA) is 60.2 Å². The molecule has 0 amide bonds. The molecule has 5 heteroatoms. The van der Waals surface area contributed by atoms with Crippen LogP contribution in [0.4, 0.5) is 0 Å². The van der Waals surface area contributed by atoms with E-state index in [0.717, 1.165) is 32.6 Å². The number of hydrogen-bond acceptors (Lipinski definition) is 5. The van der Waals surface area contributed by atoms with Crippen LogP contribution in [-0.2, 0) is 11.3 Å². The van der Waals surface area contributed by atoms with Crippen molar-refractivity contribution < 1.29 is 9.26 Å². The van der Waals surface area contributed by atoms with Crippen molar-refractivity contribution in [3.63, 3.8) is 0 Å². The van der Waals surface area contributed by atoms with Crippen molar-refractivity contribution in [1.29, 1.82) is 0 Å². The van der Waals surface area contributed by atoms with Crippen LogP contribution in [0.1, 0.15) is 31.5 Å². The predicted molar refractivity (Wildman–Crippen MR) is 56.5 cm³/mol. The highest BCUT2D eigenvalue weighted by Gasteiger charge is 2.00. The van der Waals surface area contributed by atoms with Crippen LogP contribution in [0.5, 0.6) is 0 Å². The third kappa shape index (κ3) is 5.49. The Balaban J connectivity index is 1.93. The molecule has 1 aromatic heterocycles. The minimum atomic E-state index is 0.609. The molecule has 5 nitrogen and oxygen atoms in total. The average molecular weight is 213 g/mol. The van der Waals surface area contributed by atoms with Gasteiger partial charge in [-0.05, 0) is 19.4 Å². The zero-order valence-electron chi connectivity index (χ0n) is 9.45. The Morgan fingerprint density at radius 3 is 2.93 bits per heavy atom. The molecule has 1 N–H and O–H groups in total. The van der Waals surface area contributed by atoms with E-state index in [1.165, 1.54) is 0 Å². The molecule has 86 valence electrons. The van der Waals surface area contributed by atoms with Crippen molar-refractivity contribution in [2.45, 2.75) is 33.2 Å². The summed E-state index contributed by atoms with van der Waals surface area (Å²) in [6.45, 7) is 7.13. The second kappa shape index (κ2) is 7.36. The van der Waals surface area contributed by atoms with Gasteiger partial charge in [-0.2, -0.15) is 4.98 Å². The van der Waals surface area contributed by atoms with Crippen molar-refractivity contribution >= 4 is 0 Å². The first-order chi connectivity index (χ1) is 7.33. The summed E-state index contributed by atoms with van der Waals surface area (Å²) in [5.41, 5.74) is 0. The van der Waals surface area contributed by atoms with Gasteiger partial charge in [-0.25, -0.2) is 0 Å². The molecule has 0 radical (unpaired) electrons. The van der Waals surface area contributed by atoms with Crippen LogP contribution in [0, 0.1) is 6.92 Å². The zero-order valence-corrected chi connectivity index (χ0v) is 9.45. The summed E-state index contributed by atoms with van der Waals surface area (Å²) in [7, 11) is 0. The molecule has 0 aliphatic carbocycles. The molecule has 1 heterocycles. The van der Waals surface area contributed by atoms with Crippen molar-refractivity contribution in [3.8, 4) is 0 Å². The van der Waals surface area contributed by atoms with Gasteiger partial charge in [0.1, 0.15) is 0 Å². The van der Waals surface area contributed by atoms with E-state index in [-0.39, 0.29) is 0 Å². The third-order valence-corrected chi connectivity index (χ3v) is 1.84. The van der Waals surface area contributed by atoms with Crippen LogP contribution in [0.2, 0.25) is 0 Å². The average Bonchev–Trinajstić information content (AvgIpc) is 2.63. The number of nitrogens with one attached hydrogen (secondary N) is 1. The van der Waals surface area contributed by atoms with E-state index in [1.54, 1.807) is 6.92 Å². The Labute approximate surface area is 90.2 Å². The van der Waals surface area contributed by atoms with E-state index in [0.29, 0.717) is 18.3 Å². The smallest absolute Gasteiger partial charge is 0.223 e. The van der Waals surface area contributed by atoms with Gasteiger partial charge in [0.05, 0.1) is 6.54 Å². The summed E-state index contributed by atoms with van der Waals surface area (Å²) in [5, 5.41) is 7.01. The van der Waals surface area contributed by atoms with Crippen LogP contribution in [0.25, 0.3) is 0 Å². The second-order valence-corrected chi connectivity index (χ2v) is 3.37. The van der Waals surface area contributed by atoms with Crippen LogP contribution < -0.4 is 5.32 Å². The Morgan fingerprint density at radius 2 is 2.27 bits per heavy atom. The Hall–Kier alpha value is -0.940. The van der Waals surface area contributed by atoms with Crippen LogP contribution in [0.15, 0.2) is 4.52 Å². The van der Waals surface area contributed by atoms with Crippen molar-refractivity contribution in [3.05, 3.63) is 11.7 Å². The first-order valence-electron chi connectivity index (χ1n) is 5.40. The lowest BCUT2D eigenvalue weighted by Crippen LogP contribution is -2.17. The highest BCUT2D eigenvalue weighted by atomic mass is 16.5. The fourth-order valence-electron chi connectivity index (χ4n) is 1.16. The van der Waals surface area contributed by atoms with E-state index >= 15 is 0 Å². The van der Waals surface area contributed by atoms with Gasteiger partial charge in [-0.3, -0.25) is 0 Å². The largest absolute Gasteiger partial charge is 0.381 e. The van der Waals surface area contributed by atoms with Crippen molar-refractivity contribution in [2.24, 2.45) is 0 Å². The molecule has 0 atom stereocenters. The number of hydrogen-bond donors (Lipinski definition) is 1. The molecule has 0 aromatic carbocycles. The number of ether oxygens (including phenoxy) is 1. The normalized spacial score (nSPS) is 10.8. The van der Waals surface area contributed by atoms with E-state index in [4.69, 9.17) is 9.26 Å². The molecule has 0 spiro atoms. The molecule has 0 fully saturated rings. The van der Waals surface area contributed by atoms with Gasteiger partial charge < -0.3 is 14.6 Å². The van der Waals surface area contributed by atoms with Gasteiger partial charge in [0, 0.05) is 20.1 Å². The number of nitrogens with zero attached hydrogens (tertiary/aromatic N) is 2. The molecule has 0 saturated carbocycles. The van der Waals surface area contributed by atoms with Crippen LogP contribution in [-0.4, -0.2) is 29.9 Å². The number of aryl methyl sites for hydroxylation is 1. The molecule has 0 aliphatic heterocycles. The monoisotopic (exact) mass is 213 g/mol. The SMILES string of the molecule is CCCOCCCNCc1noc(C)n1. The standard InChI is InChI=1S/C10H19N3O2/c1-3-6-14-7-4-5-11-8-10-12-9(2)15-13-10/h11H,3-8H2,1-2H3. The third-order valence-electron chi connectivity index (χ3n) is 1.84. The molecule has 0 unspecified atom stereocenters. The van der Waals surface area contributed by atoms with Gasteiger partial charge in [0.25, 0.3) is 0 Å². The predicted octanol–water partition coefficient (Wildman–Crippen LogP) is 1.28. The summed E-state index contributed by atoms with van der Waals surface area (Å²) in [5.74, 6) is 1.32. The summed E-state index contributed by atoms with van der Waals surface area (Å²) in [4.78, 5) is 4.09. The fraction of sp³-hybridized carbons (Fsp3) is 0.800. The highest BCUT2D eigenvalue weighted by Crippen LogP contribution is 1.93. The molecule has 1 aromatic rings. The lowest BCUT2D eigenvalue weighted by atomic mass is 10.4. The first-order valence-corrected chi connectivity index (χ1v) is 5.40. The van der Waals surface area contributed by atoms with Crippen LogP contribution >= 0.6 is 0 Å². The fourth-order valence-corrected chi connectivity index (χ4v) is 1.16. The molecular formula is C10H19N3O2. The summed E-state index contributed by atoms with van der Waals surface area (Å²) >= 11 is 0. The maximum atomic E-state index is 5.35. The number of rotatable bonds is 8. The van der Waals surface area contributed by atoms with E-state index in [9.17, 15) is 0 Å². The Bertz CT molecular complexity index is 263. The molecule has 0 saturated heterocycles. The number of aromatic nitrogens is 2. The van der Waals surface area contributed by atoms with E-state index in [1.807, 2.05) is 0 Å². The van der Waals surface area contributed by atoms with Gasteiger partial charge in [0.15, 0.2) is 5.82 Å². The Morgan fingerprint density at radius 1 is 1.40 bits per heavy atom. The molecule has 0 aliphatic rings. The maximum Gasteiger partial charge on any atom is 0.223 e. The lowest BCUT2D eigenvalue weighted by molar-refractivity contribution is 0.132. The molecule has 1 rings (SSSR count). The van der Waals surface area contributed by atoms with E-state index in [2.05, 4.69) is 22.4 Å². The lowest BCUT2D eigenvalue weighted by Gasteiger charge is -2.02. The maximum absolute atomic E-state index is 5.35. The molecule has 0 bridgehead atoms. The molecule has 15 heavy (non-hydrogen) atoms. The van der Waals surface area contributed by atoms with Gasteiger partial charge in [0.2, 0.25) is 5.89 Å². The first kappa shape index (κ1) is 12.1. The van der Waals surface area contributed by atoms with Crippen molar-refractivity contribution in [1.82, 2.24) is 15.5 Å². The summed E-state index contributed by atoms with van der Waals surface area (Å²) < 4.78 is 10.2. The van der Waals surface area contributed by atoms with Gasteiger partial charge in [-0.15, -0.1) is 0 Å².